The van der Waals surface area contributed by atoms with Crippen molar-refractivity contribution in [3.63, 3.8) is 0 Å². The number of aromatic nitrogens is 4. The van der Waals surface area contributed by atoms with E-state index in [1.54, 1.807) is 33.0 Å². The summed E-state index contributed by atoms with van der Waals surface area (Å²) in [7, 11) is -2.01. The van der Waals surface area contributed by atoms with E-state index in [-0.39, 0.29) is 10.7 Å². The number of nitrogens with zero attached hydrogens (tertiary/aromatic N) is 4. The lowest BCUT2D eigenvalue weighted by Gasteiger charge is -2.36. The molecular formula is C26H36F2N4O3Si. The van der Waals surface area contributed by atoms with Crippen molar-refractivity contribution in [1.82, 2.24) is 19.6 Å². The second-order valence-corrected chi connectivity index (χ2v) is 16.3. The van der Waals surface area contributed by atoms with Gasteiger partial charge in [-0.05, 0) is 80.2 Å². The molecule has 0 bridgehead atoms. The highest BCUT2D eigenvalue weighted by atomic mass is 28.4. The van der Waals surface area contributed by atoms with E-state index in [9.17, 15) is 18.7 Å². The van der Waals surface area contributed by atoms with Gasteiger partial charge < -0.3 is 9.53 Å². The van der Waals surface area contributed by atoms with Crippen LogP contribution in [-0.4, -0.2) is 39.0 Å². The summed E-state index contributed by atoms with van der Waals surface area (Å²) >= 11 is 0. The average Bonchev–Trinajstić information content (AvgIpc) is 3.20. The zero-order valence-electron chi connectivity index (χ0n) is 22.5. The van der Waals surface area contributed by atoms with Gasteiger partial charge in [0, 0.05) is 24.0 Å². The van der Waals surface area contributed by atoms with E-state index in [0.717, 1.165) is 11.1 Å². The number of hydrogen-bond donors (Lipinski definition) is 1. The number of aryl methyl sites for hydroxylation is 2. The average molecular weight is 519 g/mol. The number of pyridine rings is 2. The van der Waals surface area contributed by atoms with Crippen LogP contribution in [0, 0.1) is 19.3 Å². The van der Waals surface area contributed by atoms with Crippen LogP contribution in [0.15, 0.2) is 24.5 Å². The third-order valence-electron chi connectivity index (χ3n) is 7.60. The van der Waals surface area contributed by atoms with E-state index >= 15 is 0 Å². The predicted octanol–water partition coefficient (Wildman–Crippen LogP) is 6.44. The molecule has 0 fully saturated rings. The molecule has 7 nitrogen and oxygen atoms in total. The lowest BCUT2D eigenvalue weighted by atomic mass is 9.72. The van der Waals surface area contributed by atoms with Gasteiger partial charge in [0.1, 0.15) is 0 Å². The zero-order valence-corrected chi connectivity index (χ0v) is 23.5. The fourth-order valence-electron chi connectivity index (χ4n) is 3.99. The summed E-state index contributed by atoms with van der Waals surface area (Å²) in [6.07, 6.45) is 0.434. The van der Waals surface area contributed by atoms with E-state index in [1.165, 1.54) is 10.6 Å². The SMILES string of the molecule is Cc1cnc(C(c2ccn3c(C(F)F)nnc3c2C)C(C)(C)C(=O)O)cc1CO[Si](C)(C)C(C)(C)C. The molecular weight excluding hydrogens is 482 g/mol. The van der Waals surface area contributed by atoms with Crippen LogP contribution in [0.25, 0.3) is 5.65 Å². The van der Waals surface area contributed by atoms with Gasteiger partial charge in [0.05, 0.1) is 12.0 Å². The molecule has 0 aliphatic heterocycles. The topological polar surface area (TPSA) is 89.6 Å². The third kappa shape index (κ3) is 5.06. The number of hydrogen-bond acceptors (Lipinski definition) is 5. The standard InChI is InChI=1S/C26H36F2N4O3Si/c1-15-13-29-19(12-17(15)14-35-36(8,9)25(3,4)5)20(26(6,7)24(33)34)18-10-11-32-22(16(18)2)30-31-23(32)21(27)28/h10-13,20-21H,14H2,1-9H3,(H,33,34). The molecule has 0 spiro atoms. The molecule has 36 heavy (non-hydrogen) atoms. The first kappa shape index (κ1) is 27.9. The number of halogens is 2. The molecule has 3 aromatic heterocycles. The van der Waals surface area contributed by atoms with Crippen molar-refractivity contribution in [3.8, 4) is 0 Å². The van der Waals surface area contributed by atoms with Crippen LogP contribution in [-0.2, 0) is 15.8 Å². The molecule has 1 atom stereocenters. The molecule has 0 aromatic carbocycles. The molecule has 3 rings (SSSR count). The Morgan fingerprint density at radius 2 is 1.81 bits per heavy atom. The molecule has 196 valence electrons. The van der Waals surface area contributed by atoms with Crippen molar-refractivity contribution in [3.05, 3.63) is 58.3 Å². The van der Waals surface area contributed by atoms with Crippen molar-refractivity contribution in [2.24, 2.45) is 5.41 Å². The van der Waals surface area contributed by atoms with Crippen molar-refractivity contribution in [2.45, 2.75) is 85.5 Å². The molecule has 3 heterocycles. The summed E-state index contributed by atoms with van der Waals surface area (Å²) in [6, 6.07) is 3.58. The number of carboxylic acids is 1. The number of carbonyl (C=O) groups is 1. The first-order valence-electron chi connectivity index (χ1n) is 11.9. The van der Waals surface area contributed by atoms with Crippen molar-refractivity contribution in [2.75, 3.05) is 0 Å². The lowest BCUT2D eigenvalue weighted by Crippen LogP contribution is -2.40. The van der Waals surface area contributed by atoms with Gasteiger partial charge >= 0.3 is 5.97 Å². The van der Waals surface area contributed by atoms with E-state index in [0.29, 0.717) is 23.4 Å². The maximum atomic E-state index is 13.4. The Hall–Kier alpha value is -2.72. The maximum Gasteiger partial charge on any atom is 0.310 e. The molecule has 0 aliphatic carbocycles. The van der Waals surface area contributed by atoms with Crippen LogP contribution in [0.5, 0.6) is 0 Å². The number of carboxylic acid groups (broad SMARTS) is 1. The van der Waals surface area contributed by atoms with Crippen molar-refractivity contribution >= 4 is 19.9 Å². The summed E-state index contributed by atoms with van der Waals surface area (Å²) in [6.45, 7) is 18.3. The predicted molar refractivity (Wildman–Crippen MR) is 137 cm³/mol. The van der Waals surface area contributed by atoms with Crippen LogP contribution in [0.3, 0.4) is 0 Å². The highest BCUT2D eigenvalue weighted by molar-refractivity contribution is 6.74. The third-order valence-corrected chi connectivity index (χ3v) is 12.1. The van der Waals surface area contributed by atoms with E-state index in [4.69, 9.17) is 4.43 Å². The zero-order chi connectivity index (χ0) is 27.2. The summed E-state index contributed by atoms with van der Waals surface area (Å²) in [5.74, 6) is -2.12. The molecule has 0 amide bonds. The van der Waals surface area contributed by atoms with Crippen LogP contribution in [0.1, 0.15) is 80.7 Å². The fraction of sp³-hybridized carbons (Fsp3) is 0.538. The van der Waals surface area contributed by atoms with Gasteiger partial charge in [0.15, 0.2) is 14.0 Å². The highest BCUT2D eigenvalue weighted by Crippen LogP contribution is 2.43. The highest BCUT2D eigenvalue weighted by Gasteiger charge is 2.42. The fourth-order valence-corrected chi connectivity index (χ4v) is 4.94. The van der Waals surface area contributed by atoms with Crippen LogP contribution >= 0.6 is 0 Å². The van der Waals surface area contributed by atoms with Gasteiger partial charge in [0.2, 0.25) is 5.82 Å². The molecule has 1 N–H and O–H groups in total. The van der Waals surface area contributed by atoms with E-state index in [2.05, 4.69) is 49.0 Å². The second-order valence-electron chi connectivity index (χ2n) is 11.5. The Morgan fingerprint density at radius 1 is 1.17 bits per heavy atom. The number of fused-ring (bicyclic) bond motifs is 1. The van der Waals surface area contributed by atoms with Crippen LogP contribution in [0.2, 0.25) is 18.1 Å². The smallest absolute Gasteiger partial charge is 0.310 e. The maximum absolute atomic E-state index is 13.4. The Labute approximate surface area is 212 Å². The number of aliphatic carboxylic acids is 1. The molecule has 10 heteroatoms. The van der Waals surface area contributed by atoms with Gasteiger partial charge in [0.25, 0.3) is 6.43 Å². The minimum Gasteiger partial charge on any atom is -0.481 e. The first-order chi connectivity index (χ1) is 16.5. The Morgan fingerprint density at radius 3 is 2.36 bits per heavy atom. The molecule has 0 radical (unpaired) electrons. The van der Waals surface area contributed by atoms with E-state index in [1.807, 2.05) is 13.0 Å². The minimum atomic E-state index is -2.78. The van der Waals surface area contributed by atoms with Crippen molar-refractivity contribution < 1.29 is 23.1 Å². The Bertz CT molecular complexity index is 1280. The Balaban J connectivity index is 2.14. The molecule has 0 saturated heterocycles. The largest absolute Gasteiger partial charge is 0.481 e. The molecule has 0 aliphatic rings. The van der Waals surface area contributed by atoms with Crippen molar-refractivity contribution in [1.29, 1.82) is 0 Å². The summed E-state index contributed by atoms with van der Waals surface area (Å²) in [5, 5.41) is 17.8. The summed E-state index contributed by atoms with van der Waals surface area (Å²) < 4.78 is 34.4. The molecule has 3 aromatic rings. The first-order valence-corrected chi connectivity index (χ1v) is 14.8. The van der Waals surface area contributed by atoms with E-state index < -0.39 is 37.9 Å². The quantitative estimate of drug-likeness (QED) is 0.345. The van der Waals surface area contributed by atoms with Crippen LogP contribution < -0.4 is 0 Å². The number of rotatable bonds is 8. The van der Waals surface area contributed by atoms with Gasteiger partial charge in [-0.25, -0.2) is 8.78 Å². The minimum absolute atomic E-state index is 0.0481. The lowest BCUT2D eigenvalue weighted by molar-refractivity contribution is -0.147. The monoisotopic (exact) mass is 518 g/mol. The van der Waals surface area contributed by atoms with Gasteiger partial charge in [-0.2, -0.15) is 0 Å². The number of alkyl halides is 2. The van der Waals surface area contributed by atoms with Crippen LogP contribution in [0.4, 0.5) is 8.78 Å². The summed E-state index contributed by atoms with van der Waals surface area (Å²) in [4.78, 5) is 17.1. The molecule has 1 unspecified atom stereocenters. The van der Waals surface area contributed by atoms with Gasteiger partial charge in [-0.3, -0.25) is 14.2 Å². The van der Waals surface area contributed by atoms with Gasteiger partial charge in [-0.15, -0.1) is 10.2 Å². The summed E-state index contributed by atoms with van der Waals surface area (Å²) in [5.41, 5.74) is 2.71. The Kier molecular flexibility index (Phi) is 7.45. The normalized spacial score (nSPS) is 14.0. The molecule has 0 saturated carbocycles. The second kappa shape index (κ2) is 9.62. The van der Waals surface area contributed by atoms with Gasteiger partial charge in [-0.1, -0.05) is 20.8 Å².